The number of piperidine rings is 1. The van der Waals surface area contributed by atoms with Crippen molar-refractivity contribution in [1.29, 1.82) is 0 Å². The number of allylic oxidation sites excluding steroid dienone is 1. The second-order valence-corrected chi connectivity index (χ2v) is 6.79. The number of benzene rings is 1. The van der Waals surface area contributed by atoms with Crippen LogP contribution in [0.1, 0.15) is 37.1 Å². The quantitative estimate of drug-likeness (QED) is 0.617. The maximum Gasteiger partial charge on any atom is 0.120 e. The van der Waals surface area contributed by atoms with Gasteiger partial charge in [0.15, 0.2) is 0 Å². The summed E-state index contributed by atoms with van der Waals surface area (Å²) in [6.07, 6.45) is 2.01. The van der Waals surface area contributed by atoms with Gasteiger partial charge in [0, 0.05) is 28.8 Å². The summed E-state index contributed by atoms with van der Waals surface area (Å²) < 4.78 is -0.142. The van der Waals surface area contributed by atoms with Gasteiger partial charge in [-0.05, 0) is 24.0 Å². The standard InChI is InChI=1S/C18H22N2O/c1-4-12-13-9-10-20(3,21)18(12)16-14-7-5-6-8-15(14)19-17(16)11(13)2/h5-8,12-13,18-19H,2,4,9-10H2,1,3H3/t12?,13-,18+,20+/m1/s1. The third kappa shape index (κ3) is 1.62. The highest BCUT2D eigenvalue weighted by Crippen LogP contribution is 2.55. The summed E-state index contributed by atoms with van der Waals surface area (Å²) in [4.78, 5) is 3.53. The Labute approximate surface area is 125 Å². The summed E-state index contributed by atoms with van der Waals surface area (Å²) in [5.74, 6) is 0.876. The molecule has 2 aliphatic rings. The molecule has 1 aromatic carbocycles. The van der Waals surface area contributed by atoms with E-state index in [1.807, 2.05) is 13.1 Å². The molecule has 0 radical (unpaired) electrons. The van der Waals surface area contributed by atoms with Gasteiger partial charge in [-0.3, -0.25) is 0 Å². The lowest BCUT2D eigenvalue weighted by molar-refractivity contribution is -0.904. The summed E-state index contributed by atoms with van der Waals surface area (Å²) in [6.45, 7) is 7.29. The molecule has 21 heavy (non-hydrogen) atoms. The Hall–Kier alpha value is -1.58. The predicted molar refractivity (Wildman–Crippen MR) is 86.4 cm³/mol. The van der Waals surface area contributed by atoms with Crippen LogP contribution in [0.25, 0.3) is 16.5 Å². The van der Waals surface area contributed by atoms with Crippen molar-refractivity contribution in [1.82, 2.24) is 4.98 Å². The molecule has 0 spiro atoms. The number of nitrogens with zero attached hydrogens (tertiary/aromatic N) is 1. The zero-order valence-electron chi connectivity index (χ0n) is 12.7. The van der Waals surface area contributed by atoms with Crippen LogP contribution in [0.2, 0.25) is 0 Å². The van der Waals surface area contributed by atoms with Gasteiger partial charge in [-0.15, -0.1) is 0 Å². The normalized spacial score (nSPS) is 35.0. The van der Waals surface area contributed by atoms with E-state index >= 15 is 0 Å². The van der Waals surface area contributed by atoms with E-state index in [1.165, 1.54) is 16.5 Å². The Kier molecular flexibility index (Phi) is 2.63. The number of hydroxylamine groups is 3. The van der Waals surface area contributed by atoms with Crippen LogP contribution >= 0.6 is 0 Å². The Bertz CT molecular complexity index is 728. The number of aromatic amines is 1. The number of hydrogen-bond acceptors (Lipinski definition) is 1. The Morgan fingerprint density at radius 3 is 2.90 bits per heavy atom. The fourth-order valence-electron chi connectivity index (χ4n) is 4.71. The molecule has 1 aromatic heterocycles. The first kappa shape index (κ1) is 13.1. The molecule has 3 heteroatoms. The minimum absolute atomic E-state index is 0.0467. The molecule has 1 unspecified atom stereocenters. The minimum Gasteiger partial charge on any atom is -0.633 e. The van der Waals surface area contributed by atoms with Crippen molar-refractivity contribution < 1.29 is 4.65 Å². The number of hydrogen-bond donors (Lipinski definition) is 1. The molecule has 2 bridgehead atoms. The number of H-pyrrole nitrogens is 1. The smallest absolute Gasteiger partial charge is 0.120 e. The van der Waals surface area contributed by atoms with Crippen molar-refractivity contribution >= 4 is 16.5 Å². The molecule has 1 N–H and O–H groups in total. The molecule has 2 aromatic rings. The van der Waals surface area contributed by atoms with E-state index in [-0.39, 0.29) is 10.7 Å². The summed E-state index contributed by atoms with van der Waals surface area (Å²) in [7, 11) is 1.85. The molecule has 3 nitrogen and oxygen atoms in total. The first-order chi connectivity index (χ1) is 10.0. The summed E-state index contributed by atoms with van der Waals surface area (Å²) in [6, 6.07) is 8.39. The van der Waals surface area contributed by atoms with Crippen LogP contribution in [0.3, 0.4) is 0 Å². The zero-order valence-corrected chi connectivity index (χ0v) is 12.7. The van der Waals surface area contributed by atoms with Crippen molar-refractivity contribution in [2.24, 2.45) is 11.8 Å². The number of rotatable bonds is 1. The van der Waals surface area contributed by atoms with Crippen molar-refractivity contribution in [3.05, 3.63) is 47.3 Å². The van der Waals surface area contributed by atoms with E-state index in [1.54, 1.807) is 0 Å². The lowest BCUT2D eigenvalue weighted by Gasteiger charge is -2.56. The topological polar surface area (TPSA) is 38.8 Å². The number of fused-ring (bicyclic) bond motifs is 6. The number of para-hydroxylation sites is 1. The van der Waals surface area contributed by atoms with Gasteiger partial charge in [0.05, 0.1) is 19.3 Å². The Balaban J connectivity index is 2.05. The van der Waals surface area contributed by atoms with Crippen LogP contribution in [-0.4, -0.2) is 23.2 Å². The highest BCUT2D eigenvalue weighted by molar-refractivity contribution is 5.90. The van der Waals surface area contributed by atoms with Gasteiger partial charge in [-0.2, -0.15) is 0 Å². The van der Waals surface area contributed by atoms with Gasteiger partial charge in [-0.1, -0.05) is 31.7 Å². The fourth-order valence-corrected chi connectivity index (χ4v) is 4.71. The van der Waals surface area contributed by atoms with E-state index in [0.29, 0.717) is 18.4 Å². The lowest BCUT2D eigenvalue weighted by atomic mass is 9.66. The number of nitrogens with one attached hydrogen (secondary N) is 1. The average Bonchev–Trinajstić information content (AvgIpc) is 2.84. The second kappa shape index (κ2) is 4.21. The second-order valence-electron chi connectivity index (χ2n) is 6.79. The Morgan fingerprint density at radius 2 is 2.14 bits per heavy atom. The Morgan fingerprint density at radius 1 is 1.38 bits per heavy atom. The van der Waals surface area contributed by atoms with E-state index in [9.17, 15) is 5.21 Å². The van der Waals surface area contributed by atoms with Crippen molar-refractivity contribution in [3.63, 3.8) is 0 Å². The van der Waals surface area contributed by atoms with E-state index in [0.717, 1.165) is 24.1 Å². The van der Waals surface area contributed by atoms with Crippen LogP contribution in [0, 0.1) is 17.0 Å². The van der Waals surface area contributed by atoms with Crippen LogP contribution < -0.4 is 0 Å². The van der Waals surface area contributed by atoms with Crippen LogP contribution in [0.15, 0.2) is 30.8 Å². The lowest BCUT2D eigenvalue weighted by Crippen LogP contribution is -2.53. The van der Waals surface area contributed by atoms with E-state index in [2.05, 4.69) is 36.7 Å². The van der Waals surface area contributed by atoms with Gasteiger partial charge < -0.3 is 14.8 Å². The highest BCUT2D eigenvalue weighted by Gasteiger charge is 2.50. The van der Waals surface area contributed by atoms with E-state index < -0.39 is 0 Å². The molecule has 0 saturated carbocycles. The molecular weight excluding hydrogens is 260 g/mol. The number of likely N-dealkylation sites (tertiary alicyclic amines) is 1. The maximum absolute atomic E-state index is 13.1. The summed E-state index contributed by atoms with van der Waals surface area (Å²) in [5.41, 5.74) is 4.70. The third-order valence-electron chi connectivity index (χ3n) is 5.68. The SMILES string of the molecule is C=C1c2[nH]c3ccccc3c2[C@@H]2C(CC)[C@@H]1CC[N@+]2(C)[O-]. The molecule has 1 aliphatic carbocycles. The van der Waals surface area contributed by atoms with Crippen molar-refractivity contribution in [2.75, 3.05) is 13.6 Å². The van der Waals surface area contributed by atoms with Gasteiger partial charge in [0.25, 0.3) is 0 Å². The molecule has 4 atom stereocenters. The largest absolute Gasteiger partial charge is 0.633 e. The van der Waals surface area contributed by atoms with Crippen LogP contribution in [-0.2, 0) is 0 Å². The molecule has 2 heterocycles. The van der Waals surface area contributed by atoms with Crippen LogP contribution in [0.4, 0.5) is 0 Å². The van der Waals surface area contributed by atoms with Crippen molar-refractivity contribution in [2.45, 2.75) is 25.8 Å². The molecule has 1 fully saturated rings. The van der Waals surface area contributed by atoms with Gasteiger partial charge in [0.1, 0.15) is 6.04 Å². The summed E-state index contributed by atoms with van der Waals surface area (Å²) >= 11 is 0. The average molecular weight is 282 g/mol. The zero-order chi connectivity index (χ0) is 14.8. The predicted octanol–water partition coefficient (Wildman–Crippen LogP) is 4.23. The highest BCUT2D eigenvalue weighted by atomic mass is 16.5. The first-order valence-corrected chi connectivity index (χ1v) is 7.90. The monoisotopic (exact) mass is 282 g/mol. The molecule has 110 valence electrons. The summed E-state index contributed by atoms with van der Waals surface area (Å²) in [5, 5.41) is 14.3. The molecule has 1 aliphatic heterocycles. The van der Waals surface area contributed by atoms with E-state index in [4.69, 9.17) is 0 Å². The molecular formula is C18H22N2O. The number of quaternary nitrogens is 1. The van der Waals surface area contributed by atoms with Gasteiger partial charge >= 0.3 is 0 Å². The fraction of sp³-hybridized carbons (Fsp3) is 0.444. The molecule has 1 saturated heterocycles. The van der Waals surface area contributed by atoms with Gasteiger partial charge in [-0.25, -0.2) is 0 Å². The van der Waals surface area contributed by atoms with Gasteiger partial charge in [0.2, 0.25) is 0 Å². The molecule has 0 amide bonds. The first-order valence-electron chi connectivity index (χ1n) is 7.90. The minimum atomic E-state index is -0.142. The molecule has 4 rings (SSSR count). The maximum atomic E-state index is 13.1. The number of aromatic nitrogens is 1. The van der Waals surface area contributed by atoms with Crippen molar-refractivity contribution in [3.8, 4) is 0 Å². The van der Waals surface area contributed by atoms with Crippen LogP contribution in [0.5, 0.6) is 0 Å². The third-order valence-corrected chi connectivity index (χ3v) is 5.68.